The topological polar surface area (TPSA) is 105 Å². The maximum Gasteiger partial charge on any atom is 0.472 e. The molecule has 0 aliphatic heterocycles. The second-order valence-electron chi connectivity index (χ2n) is 19.2. The van der Waals surface area contributed by atoms with Gasteiger partial charge in [0, 0.05) is 6.42 Å². The molecule has 366 valence electrons. The maximum atomic E-state index is 12.9. The van der Waals surface area contributed by atoms with Crippen LogP contribution >= 0.6 is 7.82 Å². The highest BCUT2D eigenvalue weighted by Gasteiger charge is 2.27. The molecule has 0 spiro atoms. The molecule has 0 heterocycles. The highest BCUT2D eigenvalue weighted by Crippen LogP contribution is 2.43. The number of hydrogen-bond acceptors (Lipinski definition) is 5. The van der Waals surface area contributed by atoms with Crippen molar-refractivity contribution in [3.63, 3.8) is 0 Å². The van der Waals surface area contributed by atoms with E-state index in [1.165, 1.54) is 180 Å². The molecular weight excluding hydrogens is 792 g/mol. The normalized spacial score (nSPS) is 14.4. The molecule has 8 nitrogen and oxygen atoms in total. The molecule has 0 fully saturated rings. The summed E-state index contributed by atoms with van der Waals surface area (Å²) in [5.74, 6) is -0.188. The Balaban J connectivity index is 4.36. The maximum absolute atomic E-state index is 12.9. The SMILES string of the molecule is CCCCCCCCCCCCCC/C=C/CC/C=C/CC/C=C/C(O)C(COP(=O)(O)OCC[N+](C)(C)C)NC(=O)CCCCCCCCCCCCCCCCCCCC. The zero-order valence-corrected chi connectivity index (χ0v) is 42.5. The van der Waals surface area contributed by atoms with Gasteiger partial charge in [0.05, 0.1) is 39.9 Å². The molecule has 0 saturated carbocycles. The van der Waals surface area contributed by atoms with Crippen LogP contribution in [0.5, 0.6) is 0 Å². The van der Waals surface area contributed by atoms with Gasteiger partial charge in [-0.3, -0.25) is 13.8 Å². The van der Waals surface area contributed by atoms with E-state index in [9.17, 15) is 19.4 Å². The summed E-state index contributed by atoms with van der Waals surface area (Å²) in [4.78, 5) is 23.2. The molecule has 3 atom stereocenters. The van der Waals surface area contributed by atoms with Gasteiger partial charge in [0.25, 0.3) is 0 Å². The summed E-state index contributed by atoms with van der Waals surface area (Å²) < 4.78 is 23.6. The van der Waals surface area contributed by atoms with Gasteiger partial charge in [0.2, 0.25) is 5.91 Å². The fraction of sp³-hybridized carbons (Fsp3) is 0.868. The van der Waals surface area contributed by atoms with Crippen molar-refractivity contribution in [2.45, 2.75) is 257 Å². The lowest BCUT2D eigenvalue weighted by atomic mass is 10.0. The Morgan fingerprint density at radius 1 is 0.532 bits per heavy atom. The first-order chi connectivity index (χ1) is 30.0. The van der Waals surface area contributed by atoms with Crippen LogP contribution in [-0.2, 0) is 18.4 Å². The molecule has 0 aliphatic carbocycles. The first-order valence-electron chi connectivity index (χ1n) is 26.4. The number of aliphatic hydroxyl groups is 1. The number of aliphatic hydroxyl groups excluding tert-OH is 1. The Kier molecular flexibility index (Phi) is 44.0. The number of phosphoric ester groups is 1. The number of allylic oxidation sites excluding steroid dienone is 5. The van der Waals surface area contributed by atoms with Crippen LogP contribution < -0.4 is 5.32 Å². The largest absolute Gasteiger partial charge is 0.472 e. The lowest BCUT2D eigenvalue weighted by Gasteiger charge is -2.25. The van der Waals surface area contributed by atoms with Crippen LogP contribution in [-0.4, -0.2) is 73.4 Å². The first kappa shape index (κ1) is 60.7. The van der Waals surface area contributed by atoms with Crippen LogP contribution in [0.3, 0.4) is 0 Å². The highest BCUT2D eigenvalue weighted by molar-refractivity contribution is 7.47. The molecule has 62 heavy (non-hydrogen) atoms. The molecule has 0 aromatic rings. The minimum Gasteiger partial charge on any atom is -0.387 e. The molecule has 0 aliphatic rings. The number of quaternary nitrogens is 1. The summed E-state index contributed by atoms with van der Waals surface area (Å²) in [5.41, 5.74) is 0. The summed E-state index contributed by atoms with van der Waals surface area (Å²) in [7, 11) is 1.55. The third-order valence-corrected chi connectivity index (χ3v) is 12.8. The van der Waals surface area contributed by atoms with Crippen LogP contribution in [0.1, 0.15) is 245 Å². The van der Waals surface area contributed by atoms with Crippen molar-refractivity contribution in [2.24, 2.45) is 0 Å². The average Bonchev–Trinajstić information content (AvgIpc) is 3.23. The first-order valence-corrected chi connectivity index (χ1v) is 27.9. The van der Waals surface area contributed by atoms with E-state index < -0.39 is 20.0 Å². The fourth-order valence-corrected chi connectivity index (χ4v) is 8.40. The predicted molar refractivity (Wildman–Crippen MR) is 268 cm³/mol. The molecule has 3 N–H and O–H groups in total. The van der Waals surface area contributed by atoms with Gasteiger partial charge in [-0.15, -0.1) is 0 Å². The molecule has 0 rings (SSSR count). The van der Waals surface area contributed by atoms with Gasteiger partial charge in [0.1, 0.15) is 13.2 Å². The summed E-state index contributed by atoms with van der Waals surface area (Å²) in [6, 6.07) is -0.867. The van der Waals surface area contributed by atoms with E-state index in [0.29, 0.717) is 17.4 Å². The molecule has 0 aromatic carbocycles. The van der Waals surface area contributed by atoms with E-state index in [2.05, 4.69) is 43.5 Å². The molecule has 0 saturated heterocycles. The summed E-state index contributed by atoms with van der Waals surface area (Å²) in [5, 5.41) is 13.9. The number of phosphoric acid groups is 1. The van der Waals surface area contributed by atoms with Crippen molar-refractivity contribution < 1.29 is 32.9 Å². The smallest absolute Gasteiger partial charge is 0.387 e. The lowest BCUT2D eigenvalue weighted by Crippen LogP contribution is -2.45. The number of nitrogens with zero attached hydrogens (tertiary/aromatic N) is 1. The van der Waals surface area contributed by atoms with Gasteiger partial charge < -0.3 is 19.8 Å². The van der Waals surface area contributed by atoms with Crippen LogP contribution in [0.2, 0.25) is 0 Å². The van der Waals surface area contributed by atoms with Crippen molar-refractivity contribution in [2.75, 3.05) is 40.9 Å². The Hall–Kier alpha value is -1.28. The van der Waals surface area contributed by atoms with Crippen molar-refractivity contribution in [3.8, 4) is 0 Å². The second-order valence-corrected chi connectivity index (χ2v) is 20.7. The number of likely N-dealkylation sites (N-methyl/N-ethyl adjacent to an activating group) is 1. The number of carbonyl (C=O) groups excluding carboxylic acids is 1. The van der Waals surface area contributed by atoms with Crippen LogP contribution in [0.15, 0.2) is 36.5 Å². The average molecular weight is 896 g/mol. The van der Waals surface area contributed by atoms with Crippen LogP contribution in [0, 0.1) is 0 Å². The zero-order valence-electron chi connectivity index (χ0n) is 41.6. The van der Waals surface area contributed by atoms with E-state index in [0.717, 1.165) is 44.9 Å². The van der Waals surface area contributed by atoms with E-state index in [1.807, 2.05) is 27.2 Å². The minimum absolute atomic E-state index is 0.0550. The Bertz CT molecular complexity index is 1110. The van der Waals surface area contributed by atoms with Crippen molar-refractivity contribution in [3.05, 3.63) is 36.5 Å². The number of rotatable bonds is 48. The van der Waals surface area contributed by atoms with E-state index in [4.69, 9.17) is 9.05 Å². The van der Waals surface area contributed by atoms with Crippen LogP contribution in [0.25, 0.3) is 0 Å². The fourth-order valence-electron chi connectivity index (χ4n) is 7.66. The second kappa shape index (κ2) is 44.9. The number of nitrogens with one attached hydrogen (secondary N) is 1. The molecule has 0 bridgehead atoms. The molecular formula is C53H104N2O6P+. The molecule has 9 heteroatoms. The monoisotopic (exact) mass is 896 g/mol. The highest BCUT2D eigenvalue weighted by atomic mass is 31.2. The lowest BCUT2D eigenvalue weighted by molar-refractivity contribution is -0.870. The van der Waals surface area contributed by atoms with E-state index >= 15 is 0 Å². The standard InChI is InChI=1S/C53H103N2O6P/c1-6-8-10-12-14-16-18-20-22-24-26-27-28-29-30-32-34-36-38-40-42-44-46-52(56)51(50-61-62(58,59)60-49-48-55(3,4)5)54-53(57)47-45-43-41-39-37-35-33-31-25-23-21-19-17-15-13-11-9-7-2/h29-30,36,38,44,46,51-52,56H,6-28,31-35,37,39-43,45,47-50H2,1-5H3,(H-,54,57,58,59)/p+1/b30-29+,38-36+,46-44+. The molecule has 0 radical (unpaired) electrons. The van der Waals surface area contributed by atoms with Crippen LogP contribution in [0.4, 0.5) is 0 Å². The van der Waals surface area contributed by atoms with E-state index in [1.54, 1.807) is 6.08 Å². The van der Waals surface area contributed by atoms with Gasteiger partial charge in [-0.2, -0.15) is 0 Å². The minimum atomic E-state index is -4.35. The van der Waals surface area contributed by atoms with Gasteiger partial charge in [-0.05, 0) is 44.9 Å². The molecule has 3 unspecified atom stereocenters. The quantitative estimate of drug-likeness (QED) is 0.0243. The van der Waals surface area contributed by atoms with Gasteiger partial charge in [-0.25, -0.2) is 4.57 Å². The zero-order chi connectivity index (χ0) is 45.7. The van der Waals surface area contributed by atoms with Crippen molar-refractivity contribution in [1.82, 2.24) is 5.32 Å². The Morgan fingerprint density at radius 2 is 0.887 bits per heavy atom. The summed E-state index contributed by atoms with van der Waals surface area (Å²) >= 11 is 0. The van der Waals surface area contributed by atoms with Crippen molar-refractivity contribution in [1.29, 1.82) is 0 Å². The number of amides is 1. The molecule has 0 aromatic heterocycles. The third-order valence-electron chi connectivity index (χ3n) is 11.8. The molecule has 1 amide bonds. The van der Waals surface area contributed by atoms with Gasteiger partial charge in [0.15, 0.2) is 0 Å². The third kappa shape index (κ3) is 46.7. The summed E-state index contributed by atoms with van der Waals surface area (Å²) in [6.07, 6.45) is 56.6. The Morgan fingerprint density at radius 3 is 1.29 bits per heavy atom. The van der Waals surface area contributed by atoms with Gasteiger partial charge in [-0.1, -0.05) is 230 Å². The number of carbonyl (C=O) groups is 1. The van der Waals surface area contributed by atoms with E-state index in [-0.39, 0.29) is 19.1 Å². The van der Waals surface area contributed by atoms with Gasteiger partial charge >= 0.3 is 7.82 Å². The predicted octanol–water partition coefficient (Wildman–Crippen LogP) is 15.4. The van der Waals surface area contributed by atoms with Crippen molar-refractivity contribution >= 4 is 13.7 Å². The Labute approximate surface area is 385 Å². The number of unbranched alkanes of at least 4 members (excludes halogenated alkanes) is 31. The number of hydrogen-bond donors (Lipinski definition) is 3. The summed E-state index contributed by atoms with van der Waals surface area (Å²) in [6.45, 7) is 4.81.